The van der Waals surface area contributed by atoms with Gasteiger partial charge in [-0.2, -0.15) is 0 Å². The van der Waals surface area contributed by atoms with Gasteiger partial charge in [-0.25, -0.2) is 0 Å². The van der Waals surface area contributed by atoms with E-state index in [4.69, 9.17) is 0 Å². The maximum Gasteiger partial charge on any atom is 0.188 e. The Morgan fingerprint density at radius 2 is 1.62 bits per heavy atom. The van der Waals surface area contributed by atoms with Crippen LogP contribution >= 0.6 is 0 Å². The van der Waals surface area contributed by atoms with E-state index in [2.05, 4.69) is 40.0 Å². The Hall–Kier alpha value is -3.31. The first kappa shape index (κ1) is 21.9. The molecule has 0 unspecified atom stereocenters. The highest BCUT2D eigenvalue weighted by Gasteiger charge is 2.19. The third-order valence-corrected chi connectivity index (χ3v) is 5.94. The normalized spacial score (nSPS) is 14.4. The van der Waals surface area contributed by atoms with E-state index in [1.165, 1.54) is 5.56 Å². The van der Waals surface area contributed by atoms with Crippen molar-refractivity contribution >= 4 is 17.3 Å². The Morgan fingerprint density at radius 1 is 0.875 bits per heavy atom. The molecule has 1 aliphatic heterocycles. The molecule has 32 heavy (non-hydrogen) atoms. The standard InChI is InChI=1S/C27H29N3O2/c1-20-8-9-28-25(14-20)27(32)19-26(31)23-16-22(15-21-6-4-3-5-7-21)17-24(18-23)30-12-10-29(2)11-13-30/h3-9,14,16-18H,10-13,15,19H2,1-2H3. The van der Waals surface area contributed by atoms with E-state index in [1.54, 1.807) is 12.3 Å². The summed E-state index contributed by atoms with van der Waals surface area (Å²) in [5.41, 5.74) is 5.22. The van der Waals surface area contributed by atoms with Crippen LogP contribution < -0.4 is 4.90 Å². The van der Waals surface area contributed by atoms with E-state index in [1.807, 2.05) is 43.3 Å². The van der Waals surface area contributed by atoms with Gasteiger partial charge in [0.25, 0.3) is 0 Å². The van der Waals surface area contributed by atoms with Crippen molar-refractivity contribution in [2.75, 3.05) is 38.1 Å². The molecule has 1 fully saturated rings. The summed E-state index contributed by atoms with van der Waals surface area (Å²) in [7, 11) is 2.13. The monoisotopic (exact) mass is 427 g/mol. The highest BCUT2D eigenvalue weighted by molar-refractivity contribution is 6.13. The van der Waals surface area contributed by atoms with Crippen molar-refractivity contribution in [1.29, 1.82) is 0 Å². The van der Waals surface area contributed by atoms with Crippen LogP contribution in [0.4, 0.5) is 5.69 Å². The fourth-order valence-corrected chi connectivity index (χ4v) is 4.04. The smallest absolute Gasteiger partial charge is 0.188 e. The van der Waals surface area contributed by atoms with Crippen molar-refractivity contribution in [1.82, 2.24) is 9.88 Å². The van der Waals surface area contributed by atoms with Crippen LogP contribution in [0.15, 0.2) is 66.9 Å². The van der Waals surface area contributed by atoms with Crippen molar-refractivity contribution in [3.05, 3.63) is 94.8 Å². The maximum absolute atomic E-state index is 13.1. The Bertz CT molecular complexity index is 1100. The summed E-state index contributed by atoms with van der Waals surface area (Å²) >= 11 is 0. The predicted octanol–water partition coefficient (Wildman–Crippen LogP) is 4.19. The number of hydrogen-bond acceptors (Lipinski definition) is 5. The molecule has 3 aromatic rings. The molecule has 0 spiro atoms. The molecule has 1 aliphatic rings. The number of hydrogen-bond donors (Lipinski definition) is 0. The zero-order valence-corrected chi connectivity index (χ0v) is 18.8. The van der Waals surface area contributed by atoms with Crippen molar-refractivity contribution in [3.63, 3.8) is 0 Å². The number of Topliss-reactive ketones (excluding diaryl/α,β-unsaturated/α-hetero) is 2. The van der Waals surface area contributed by atoms with Gasteiger partial charge in [-0.05, 0) is 67.4 Å². The summed E-state index contributed by atoms with van der Waals surface area (Å²) in [5, 5.41) is 0. The minimum Gasteiger partial charge on any atom is -0.369 e. The summed E-state index contributed by atoms with van der Waals surface area (Å²) in [6.07, 6.45) is 2.18. The first-order valence-electron chi connectivity index (χ1n) is 11.1. The molecular weight excluding hydrogens is 398 g/mol. The third kappa shape index (κ3) is 5.48. The van der Waals surface area contributed by atoms with E-state index < -0.39 is 0 Å². The molecule has 0 amide bonds. The molecule has 4 rings (SSSR count). The minimum absolute atomic E-state index is 0.163. The van der Waals surface area contributed by atoms with Crippen LogP contribution in [0.3, 0.4) is 0 Å². The fourth-order valence-electron chi connectivity index (χ4n) is 4.04. The van der Waals surface area contributed by atoms with Crippen molar-refractivity contribution in [2.45, 2.75) is 19.8 Å². The molecule has 0 aliphatic carbocycles. The molecular formula is C27H29N3O2. The van der Waals surface area contributed by atoms with Gasteiger partial charge in [-0.15, -0.1) is 0 Å². The molecule has 5 nitrogen and oxygen atoms in total. The lowest BCUT2D eigenvalue weighted by atomic mass is 9.97. The molecule has 0 bridgehead atoms. The molecule has 164 valence electrons. The molecule has 1 saturated heterocycles. The predicted molar refractivity (Wildman–Crippen MR) is 128 cm³/mol. The highest BCUT2D eigenvalue weighted by atomic mass is 16.1. The first-order chi connectivity index (χ1) is 15.5. The Kier molecular flexibility index (Phi) is 6.76. The second kappa shape index (κ2) is 9.88. The van der Waals surface area contributed by atoms with Crippen molar-refractivity contribution in [3.8, 4) is 0 Å². The number of carbonyl (C=O) groups is 2. The molecule has 5 heteroatoms. The van der Waals surface area contributed by atoms with Crippen LogP contribution in [-0.2, 0) is 6.42 Å². The van der Waals surface area contributed by atoms with E-state index >= 15 is 0 Å². The summed E-state index contributed by atoms with van der Waals surface area (Å²) in [6.45, 7) is 5.74. The van der Waals surface area contributed by atoms with Crippen LogP contribution in [0.5, 0.6) is 0 Å². The summed E-state index contributed by atoms with van der Waals surface area (Å²) in [6, 6.07) is 19.9. The van der Waals surface area contributed by atoms with Crippen molar-refractivity contribution < 1.29 is 9.59 Å². The lowest BCUT2D eigenvalue weighted by molar-refractivity contribution is 0.0891. The van der Waals surface area contributed by atoms with Crippen molar-refractivity contribution in [2.24, 2.45) is 0 Å². The van der Waals surface area contributed by atoms with Crippen LogP contribution in [-0.4, -0.2) is 54.7 Å². The Labute approximate surface area is 189 Å². The van der Waals surface area contributed by atoms with Gasteiger partial charge in [0.15, 0.2) is 11.6 Å². The van der Waals surface area contributed by atoms with Gasteiger partial charge in [-0.1, -0.05) is 30.3 Å². The number of anilines is 1. The van der Waals surface area contributed by atoms with Crippen LogP contribution in [0.1, 0.15) is 44.0 Å². The van der Waals surface area contributed by atoms with Crippen LogP contribution in [0.2, 0.25) is 0 Å². The average Bonchev–Trinajstić information content (AvgIpc) is 2.80. The minimum atomic E-state index is -0.242. The van der Waals surface area contributed by atoms with Gasteiger partial charge in [-0.3, -0.25) is 14.6 Å². The van der Waals surface area contributed by atoms with E-state index in [9.17, 15) is 9.59 Å². The first-order valence-corrected chi connectivity index (χ1v) is 11.1. The molecule has 0 atom stereocenters. The zero-order chi connectivity index (χ0) is 22.5. The Balaban J connectivity index is 1.60. The Morgan fingerprint density at radius 3 is 2.34 bits per heavy atom. The molecule has 0 saturated carbocycles. The van der Waals surface area contributed by atoms with Gasteiger partial charge in [0.2, 0.25) is 0 Å². The number of nitrogens with zero attached hydrogens (tertiary/aromatic N) is 3. The largest absolute Gasteiger partial charge is 0.369 e. The van der Waals surface area contributed by atoms with E-state index in [0.29, 0.717) is 11.3 Å². The number of aromatic nitrogens is 1. The van der Waals surface area contributed by atoms with Gasteiger partial charge in [0.05, 0.1) is 6.42 Å². The number of rotatable bonds is 7. The maximum atomic E-state index is 13.1. The number of ketones is 2. The summed E-state index contributed by atoms with van der Waals surface area (Å²) in [4.78, 5) is 34.6. The van der Waals surface area contributed by atoms with Gasteiger partial charge >= 0.3 is 0 Å². The third-order valence-electron chi connectivity index (χ3n) is 5.94. The number of aryl methyl sites for hydroxylation is 1. The molecule has 2 aromatic carbocycles. The zero-order valence-electron chi connectivity index (χ0n) is 18.8. The molecule has 0 N–H and O–H groups in total. The lowest BCUT2D eigenvalue weighted by Crippen LogP contribution is -2.44. The number of benzene rings is 2. The quantitative estimate of drug-likeness (QED) is 0.418. The lowest BCUT2D eigenvalue weighted by Gasteiger charge is -2.34. The van der Waals surface area contributed by atoms with Gasteiger partial charge in [0.1, 0.15) is 5.69 Å². The van der Waals surface area contributed by atoms with Crippen LogP contribution in [0.25, 0.3) is 0 Å². The highest BCUT2D eigenvalue weighted by Crippen LogP contribution is 2.24. The fraction of sp³-hybridized carbons (Fsp3) is 0.296. The second-order valence-electron chi connectivity index (χ2n) is 8.58. The van der Waals surface area contributed by atoms with Gasteiger partial charge < -0.3 is 9.80 Å². The number of pyridine rings is 1. The van der Waals surface area contributed by atoms with Crippen LogP contribution in [0, 0.1) is 6.92 Å². The molecule has 2 heterocycles. The van der Waals surface area contributed by atoms with Gasteiger partial charge in [0, 0.05) is 43.6 Å². The number of carbonyl (C=O) groups excluding carboxylic acids is 2. The molecule has 0 radical (unpaired) electrons. The second-order valence-corrected chi connectivity index (χ2v) is 8.58. The average molecular weight is 428 g/mol. The number of likely N-dealkylation sites (N-methyl/N-ethyl adjacent to an activating group) is 1. The summed E-state index contributed by atoms with van der Waals surface area (Å²) in [5.74, 6) is -0.406. The number of piperazine rings is 1. The SMILES string of the molecule is Cc1ccnc(C(=O)CC(=O)c2cc(Cc3ccccc3)cc(N3CCN(C)CC3)c2)c1. The van der Waals surface area contributed by atoms with E-state index in [-0.39, 0.29) is 18.0 Å². The molecule has 1 aromatic heterocycles. The van der Waals surface area contributed by atoms with E-state index in [0.717, 1.165) is 49.4 Å². The topological polar surface area (TPSA) is 53.5 Å². The summed E-state index contributed by atoms with van der Waals surface area (Å²) < 4.78 is 0.